The molecule has 0 aliphatic carbocycles. The Morgan fingerprint density at radius 2 is 2.21 bits per heavy atom. The van der Waals surface area contributed by atoms with Crippen molar-refractivity contribution in [3.8, 4) is 0 Å². The van der Waals surface area contributed by atoms with Crippen molar-refractivity contribution in [1.82, 2.24) is 4.90 Å². The second-order valence-corrected chi connectivity index (χ2v) is 6.90. The van der Waals surface area contributed by atoms with Crippen LogP contribution in [0, 0.1) is 5.92 Å². The summed E-state index contributed by atoms with van der Waals surface area (Å²) in [6.45, 7) is 6.35. The van der Waals surface area contributed by atoms with Crippen molar-refractivity contribution in [2.45, 2.75) is 38.8 Å². The normalized spacial score (nSPS) is 24.9. The van der Waals surface area contributed by atoms with E-state index in [0.29, 0.717) is 18.0 Å². The molecule has 0 amide bonds. The maximum atomic E-state index is 6.46. The molecule has 0 bridgehead atoms. The predicted molar refractivity (Wildman–Crippen MR) is 85.5 cm³/mol. The highest BCUT2D eigenvalue weighted by molar-refractivity contribution is 9.10. The number of nitrogens with two attached hydrogens (primary N) is 1. The molecule has 2 rings (SSSR count). The molecule has 2 nitrogen and oxygen atoms in total. The third-order valence-electron chi connectivity index (χ3n) is 4.04. The van der Waals surface area contributed by atoms with Crippen LogP contribution >= 0.6 is 27.5 Å². The van der Waals surface area contributed by atoms with Crippen LogP contribution in [0.15, 0.2) is 22.7 Å². The molecular formula is C15H22BrClN2. The molecule has 0 aromatic heterocycles. The third kappa shape index (κ3) is 3.33. The Morgan fingerprint density at radius 3 is 2.79 bits per heavy atom. The van der Waals surface area contributed by atoms with Crippen molar-refractivity contribution >= 4 is 27.5 Å². The second kappa shape index (κ2) is 6.57. The Kier molecular flexibility index (Phi) is 5.29. The highest BCUT2D eigenvalue weighted by atomic mass is 79.9. The SMILES string of the molecule is CC(C)N1CCCC(CN)C1c1ccc(Br)cc1Cl. The van der Waals surface area contributed by atoms with E-state index >= 15 is 0 Å². The van der Waals surface area contributed by atoms with Crippen molar-refractivity contribution in [3.63, 3.8) is 0 Å². The molecular weight excluding hydrogens is 324 g/mol. The van der Waals surface area contributed by atoms with Gasteiger partial charge in [-0.05, 0) is 63.4 Å². The summed E-state index contributed by atoms with van der Waals surface area (Å²) in [4.78, 5) is 2.54. The average Bonchev–Trinajstić information content (AvgIpc) is 2.38. The number of benzene rings is 1. The van der Waals surface area contributed by atoms with Crippen molar-refractivity contribution < 1.29 is 0 Å². The molecule has 19 heavy (non-hydrogen) atoms. The van der Waals surface area contributed by atoms with Gasteiger partial charge in [0.15, 0.2) is 0 Å². The fraction of sp³-hybridized carbons (Fsp3) is 0.600. The standard InChI is InChI=1S/C15H22BrClN2/c1-10(2)19-7-3-4-11(9-18)15(19)13-6-5-12(16)8-14(13)17/h5-6,8,10-11,15H,3-4,7,9,18H2,1-2H3. The molecule has 1 aliphatic rings. The Labute approximate surface area is 129 Å². The number of hydrogen-bond acceptors (Lipinski definition) is 2. The van der Waals surface area contributed by atoms with Crippen LogP contribution in [0.1, 0.15) is 38.3 Å². The third-order valence-corrected chi connectivity index (χ3v) is 4.86. The van der Waals surface area contributed by atoms with Crippen LogP contribution in [0.3, 0.4) is 0 Å². The van der Waals surface area contributed by atoms with Crippen LogP contribution in [0.4, 0.5) is 0 Å². The maximum absolute atomic E-state index is 6.46. The van der Waals surface area contributed by atoms with E-state index in [-0.39, 0.29) is 0 Å². The number of likely N-dealkylation sites (tertiary alicyclic amines) is 1. The molecule has 0 saturated carbocycles. The Balaban J connectivity index is 2.39. The molecule has 4 heteroatoms. The van der Waals surface area contributed by atoms with E-state index in [2.05, 4.69) is 46.8 Å². The molecule has 2 unspecified atom stereocenters. The van der Waals surface area contributed by atoms with E-state index in [1.54, 1.807) is 0 Å². The number of rotatable bonds is 3. The van der Waals surface area contributed by atoms with E-state index in [9.17, 15) is 0 Å². The van der Waals surface area contributed by atoms with Gasteiger partial charge in [0.2, 0.25) is 0 Å². The zero-order valence-electron chi connectivity index (χ0n) is 11.6. The molecule has 106 valence electrons. The van der Waals surface area contributed by atoms with Crippen molar-refractivity contribution in [1.29, 1.82) is 0 Å². The van der Waals surface area contributed by atoms with Gasteiger partial charge in [-0.3, -0.25) is 4.90 Å². The van der Waals surface area contributed by atoms with Crippen molar-refractivity contribution in [2.24, 2.45) is 11.7 Å². The van der Waals surface area contributed by atoms with E-state index in [0.717, 1.165) is 22.6 Å². The first-order valence-electron chi connectivity index (χ1n) is 6.95. The average molecular weight is 346 g/mol. The lowest BCUT2D eigenvalue weighted by molar-refractivity contribution is 0.0666. The number of nitrogens with zero attached hydrogens (tertiary/aromatic N) is 1. The molecule has 1 saturated heterocycles. The van der Waals surface area contributed by atoms with Crippen LogP contribution in [-0.2, 0) is 0 Å². The van der Waals surface area contributed by atoms with E-state index in [4.69, 9.17) is 17.3 Å². The highest BCUT2D eigenvalue weighted by Gasteiger charge is 2.34. The lowest BCUT2D eigenvalue weighted by atomic mass is 9.84. The first kappa shape index (κ1) is 15.3. The van der Waals surface area contributed by atoms with Gasteiger partial charge in [-0.15, -0.1) is 0 Å². The van der Waals surface area contributed by atoms with E-state index < -0.39 is 0 Å². The summed E-state index contributed by atoms with van der Waals surface area (Å²) in [6, 6.07) is 7.05. The summed E-state index contributed by atoms with van der Waals surface area (Å²) >= 11 is 9.93. The molecule has 0 radical (unpaired) electrons. The minimum Gasteiger partial charge on any atom is -0.330 e. The monoisotopic (exact) mass is 344 g/mol. The maximum Gasteiger partial charge on any atom is 0.0465 e. The number of hydrogen-bond donors (Lipinski definition) is 1. The van der Waals surface area contributed by atoms with Crippen LogP contribution in [0.5, 0.6) is 0 Å². The zero-order chi connectivity index (χ0) is 14.0. The van der Waals surface area contributed by atoms with E-state index in [1.165, 1.54) is 18.4 Å². The smallest absolute Gasteiger partial charge is 0.0465 e. The van der Waals surface area contributed by atoms with Crippen LogP contribution in [0.25, 0.3) is 0 Å². The van der Waals surface area contributed by atoms with Gasteiger partial charge in [0, 0.05) is 21.6 Å². The summed E-state index contributed by atoms with van der Waals surface area (Å²) in [7, 11) is 0. The first-order chi connectivity index (χ1) is 9.04. The van der Waals surface area contributed by atoms with Gasteiger partial charge in [-0.2, -0.15) is 0 Å². The van der Waals surface area contributed by atoms with Crippen LogP contribution in [0.2, 0.25) is 5.02 Å². The summed E-state index contributed by atoms with van der Waals surface area (Å²) in [5, 5.41) is 0.838. The molecule has 0 spiro atoms. The molecule has 2 N–H and O–H groups in total. The Bertz CT molecular complexity index is 436. The fourth-order valence-corrected chi connectivity index (χ4v) is 3.89. The van der Waals surface area contributed by atoms with Crippen LogP contribution in [-0.4, -0.2) is 24.0 Å². The molecule has 1 aromatic rings. The summed E-state index contributed by atoms with van der Waals surface area (Å²) in [6.07, 6.45) is 2.42. The summed E-state index contributed by atoms with van der Waals surface area (Å²) < 4.78 is 1.03. The van der Waals surface area contributed by atoms with Gasteiger partial charge in [0.25, 0.3) is 0 Å². The van der Waals surface area contributed by atoms with Gasteiger partial charge in [-0.1, -0.05) is 33.6 Å². The van der Waals surface area contributed by atoms with Gasteiger partial charge in [0.1, 0.15) is 0 Å². The Hall–Kier alpha value is -0.0900. The minimum absolute atomic E-state index is 0.347. The number of piperidine rings is 1. The molecule has 1 aromatic carbocycles. The molecule has 1 aliphatic heterocycles. The summed E-state index contributed by atoms with van der Waals surface area (Å²) in [5.41, 5.74) is 7.21. The lowest BCUT2D eigenvalue weighted by Crippen LogP contribution is -2.45. The molecule has 1 fully saturated rings. The van der Waals surface area contributed by atoms with Gasteiger partial charge >= 0.3 is 0 Å². The van der Waals surface area contributed by atoms with E-state index in [1.807, 2.05) is 6.07 Å². The minimum atomic E-state index is 0.347. The van der Waals surface area contributed by atoms with Gasteiger partial charge in [-0.25, -0.2) is 0 Å². The fourth-order valence-electron chi connectivity index (χ4n) is 3.10. The van der Waals surface area contributed by atoms with Crippen molar-refractivity contribution in [3.05, 3.63) is 33.3 Å². The van der Waals surface area contributed by atoms with Crippen molar-refractivity contribution in [2.75, 3.05) is 13.1 Å². The Morgan fingerprint density at radius 1 is 1.47 bits per heavy atom. The quantitative estimate of drug-likeness (QED) is 0.888. The number of halogens is 2. The predicted octanol–water partition coefficient (Wildman–Crippen LogP) is 4.22. The summed E-state index contributed by atoms with van der Waals surface area (Å²) in [5.74, 6) is 0.495. The van der Waals surface area contributed by atoms with Gasteiger partial charge < -0.3 is 5.73 Å². The van der Waals surface area contributed by atoms with Gasteiger partial charge in [0.05, 0.1) is 0 Å². The second-order valence-electron chi connectivity index (χ2n) is 5.58. The topological polar surface area (TPSA) is 29.3 Å². The molecule has 1 heterocycles. The molecule has 2 atom stereocenters. The highest BCUT2D eigenvalue weighted by Crippen LogP contribution is 2.40. The zero-order valence-corrected chi connectivity index (χ0v) is 13.9. The largest absolute Gasteiger partial charge is 0.330 e. The van der Waals surface area contributed by atoms with Crippen LogP contribution < -0.4 is 5.73 Å². The first-order valence-corrected chi connectivity index (χ1v) is 8.12. The lowest BCUT2D eigenvalue weighted by Gasteiger charge is -2.44.